The molecule has 0 amide bonds. The van der Waals surface area contributed by atoms with Crippen molar-refractivity contribution in [3.63, 3.8) is 0 Å². The summed E-state index contributed by atoms with van der Waals surface area (Å²) in [7, 11) is 0.00849. The predicted molar refractivity (Wildman–Crippen MR) is 28.5 cm³/mol. The van der Waals surface area contributed by atoms with E-state index in [0.29, 0.717) is 0 Å². The van der Waals surface area contributed by atoms with Crippen molar-refractivity contribution in [3.05, 3.63) is 0 Å². The molecule has 0 aromatic carbocycles. The van der Waals surface area contributed by atoms with Gasteiger partial charge in [-0.05, 0) is 12.5 Å². The van der Waals surface area contributed by atoms with Crippen molar-refractivity contribution in [2.24, 2.45) is 0 Å². The van der Waals surface area contributed by atoms with Gasteiger partial charge < -0.3 is 4.43 Å². The Bertz CT molecular complexity index is 27.2. The van der Waals surface area contributed by atoms with Crippen LogP contribution in [0.1, 0.15) is 12.8 Å². The molecular weight excluding hydrogens is 183 g/mol. The molecule has 0 saturated carbocycles. The molecule has 0 unspecified atom stereocenters. The van der Waals surface area contributed by atoms with E-state index in [1.54, 1.807) is 0 Å². The summed E-state index contributed by atoms with van der Waals surface area (Å²) in [6, 6.07) is 1.42. The fraction of sp³-hybridized carbons (Fsp3) is 1.00. The molecule has 0 aromatic rings. The van der Waals surface area contributed by atoms with Crippen molar-refractivity contribution in [2.45, 2.75) is 18.9 Å². The van der Waals surface area contributed by atoms with Gasteiger partial charge in [-0.2, -0.15) is 0 Å². The molecule has 1 fully saturated rings. The zero-order chi connectivity index (χ0) is 4.24. The van der Waals surface area contributed by atoms with Gasteiger partial charge in [-0.25, -0.2) is 0 Å². The van der Waals surface area contributed by atoms with E-state index in [4.69, 9.17) is 4.43 Å². The number of hydrogen-bond acceptors (Lipinski definition) is 1. The fourth-order valence-corrected chi connectivity index (χ4v) is 1.86. The standard InChI is InChI=1S/C4H10OSi.Zr/c1-2-4-6-5-3-1;/h1-4,6H2;. The average molecular weight is 193 g/mol. The van der Waals surface area contributed by atoms with Crippen LogP contribution in [0.2, 0.25) is 6.04 Å². The zero-order valence-corrected chi connectivity index (χ0v) is 8.32. The van der Waals surface area contributed by atoms with E-state index in [1.165, 1.54) is 18.9 Å². The van der Waals surface area contributed by atoms with E-state index in [1.807, 2.05) is 0 Å². The summed E-state index contributed by atoms with van der Waals surface area (Å²) in [6.45, 7) is 1.06. The normalized spacial score (nSPS) is 24.0. The maximum absolute atomic E-state index is 5.21. The maximum Gasteiger partial charge on any atom is 0.161 e. The second-order valence-electron chi connectivity index (χ2n) is 1.67. The Kier molecular flexibility index (Phi) is 5.99. The van der Waals surface area contributed by atoms with E-state index in [9.17, 15) is 0 Å². The Morgan fingerprint density at radius 2 is 2.14 bits per heavy atom. The minimum atomic E-state index is 0. The second kappa shape index (κ2) is 5.20. The van der Waals surface area contributed by atoms with Crippen molar-refractivity contribution in [1.29, 1.82) is 0 Å². The van der Waals surface area contributed by atoms with E-state index >= 15 is 0 Å². The summed E-state index contributed by atoms with van der Waals surface area (Å²) in [5.41, 5.74) is 0. The summed E-state index contributed by atoms with van der Waals surface area (Å²) in [5.74, 6) is 0. The van der Waals surface area contributed by atoms with Crippen LogP contribution in [0.15, 0.2) is 0 Å². The molecule has 0 radical (unpaired) electrons. The van der Waals surface area contributed by atoms with Crippen molar-refractivity contribution in [1.82, 2.24) is 0 Å². The van der Waals surface area contributed by atoms with Crippen LogP contribution in [-0.4, -0.2) is 16.4 Å². The molecule has 0 aliphatic carbocycles. The molecule has 1 heterocycles. The fourth-order valence-electron chi connectivity index (χ4n) is 0.687. The third-order valence-corrected chi connectivity index (χ3v) is 2.44. The summed E-state index contributed by atoms with van der Waals surface area (Å²) >= 11 is 0. The minimum Gasteiger partial charge on any atom is -0.424 e. The molecule has 1 saturated heterocycles. The van der Waals surface area contributed by atoms with Gasteiger partial charge in [0.1, 0.15) is 0 Å². The van der Waals surface area contributed by atoms with Gasteiger partial charge in [0.2, 0.25) is 0 Å². The van der Waals surface area contributed by atoms with Gasteiger partial charge in [0.25, 0.3) is 0 Å². The molecule has 0 N–H and O–H groups in total. The topological polar surface area (TPSA) is 9.23 Å². The molecule has 3 heteroatoms. The first-order valence-corrected chi connectivity index (χ1v) is 4.15. The third kappa shape index (κ3) is 3.63. The molecule has 0 atom stereocenters. The second-order valence-corrected chi connectivity index (χ2v) is 3.20. The van der Waals surface area contributed by atoms with Crippen LogP contribution in [0.5, 0.6) is 0 Å². The Labute approximate surface area is 65.9 Å². The van der Waals surface area contributed by atoms with Gasteiger partial charge >= 0.3 is 0 Å². The van der Waals surface area contributed by atoms with E-state index < -0.39 is 0 Å². The molecular formula is C4H10OSiZr. The van der Waals surface area contributed by atoms with E-state index in [0.717, 1.165) is 6.61 Å². The van der Waals surface area contributed by atoms with Gasteiger partial charge in [0.05, 0.1) is 0 Å². The summed E-state index contributed by atoms with van der Waals surface area (Å²) < 4.78 is 5.21. The smallest absolute Gasteiger partial charge is 0.161 e. The van der Waals surface area contributed by atoms with Crippen LogP contribution in [0.4, 0.5) is 0 Å². The van der Waals surface area contributed by atoms with Crippen LogP contribution in [-0.2, 0) is 30.6 Å². The van der Waals surface area contributed by atoms with Gasteiger partial charge in [0.15, 0.2) is 9.76 Å². The quantitative estimate of drug-likeness (QED) is 0.503. The van der Waals surface area contributed by atoms with Crippen molar-refractivity contribution < 1.29 is 30.6 Å². The first-order valence-electron chi connectivity index (χ1n) is 2.58. The van der Waals surface area contributed by atoms with Gasteiger partial charge in [-0.3, -0.25) is 0 Å². The van der Waals surface area contributed by atoms with Gasteiger partial charge in [0, 0.05) is 32.8 Å². The van der Waals surface area contributed by atoms with Crippen molar-refractivity contribution >= 4 is 9.76 Å². The van der Waals surface area contributed by atoms with Crippen LogP contribution in [0, 0.1) is 0 Å². The zero-order valence-electron chi connectivity index (χ0n) is 4.44. The number of rotatable bonds is 0. The average Bonchev–Trinajstić information content (AvgIpc) is 1.72. The Balaban J connectivity index is 0.000000360. The first-order chi connectivity index (χ1) is 3.00. The SMILES string of the molecule is C1CC[SiH2]OC1.[Zr]. The summed E-state index contributed by atoms with van der Waals surface area (Å²) in [6.07, 6.45) is 2.75. The molecule has 1 rings (SSSR count). The van der Waals surface area contributed by atoms with Crippen LogP contribution >= 0.6 is 0 Å². The van der Waals surface area contributed by atoms with Gasteiger partial charge in [-0.1, -0.05) is 6.42 Å². The monoisotopic (exact) mass is 192 g/mol. The first kappa shape index (κ1) is 8.06. The van der Waals surface area contributed by atoms with E-state index in [2.05, 4.69) is 0 Å². The number of hydrogen-bond donors (Lipinski definition) is 0. The Morgan fingerprint density at radius 1 is 1.29 bits per heavy atom. The molecule has 1 aliphatic heterocycles. The van der Waals surface area contributed by atoms with Crippen molar-refractivity contribution in [3.8, 4) is 0 Å². The molecule has 0 spiro atoms. The van der Waals surface area contributed by atoms with Crippen LogP contribution < -0.4 is 0 Å². The molecule has 40 valence electrons. The largest absolute Gasteiger partial charge is 0.424 e. The summed E-state index contributed by atoms with van der Waals surface area (Å²) in [5, 5.41) is 0. The molecule has 0 aromatic heterocycles. The minimum absolute atomic E-state index is 0. The molecule has 0 bridgehead atoms. The Hall–Kier alpha value is 1.06. The molecule has 7 heavy (non-hydrogen) atoms. The maximum atomic E-state index is 5.21. The van der Waals surface area contributed by atoms with Gasteiger partial charge in [-0.15, -0.1) is 0 Å². The van der Waals surface area contributed by atoms with Crippen molar-refractivity contribution in [2.75, 3.05) is 6.61 Å². The third-order valence-electron chi connectivity index (χ3n) is 1.08. The Morgan fingerprint density at radius 3 is 2.29 bits per heavy atom. The predicted octanol–water partition coefficient (Wildman–Crippen LogP) is 0.296. The summed E-state index contributed by atoms with van der Waals surface area (Å²) in [4.78, 5) is 0. The van der Waals surface area contributed by atoms with Crippen LogP contribution in [0.25, 0.3) is 0 Å². The molecule has 1 aliphatic rings. The van der Waals surface area contributed by atoms with Crippen LogP contribution in [0.3, 0.4) is 0 Å². The van der Waals surface area contributed by atoms with E-state index in [-0.39, 0.29) is 36.0 Å². The molecule has 1 nitrogen and oxygen atoms in total.